The van der Waals surface area contributed by atoms with Crippen molar-refractivity contribution < 1.29 is 9.90 Å². The molecule has 0 aliphatic rings. The van der Waals surface area contributed by atoms with E-state index in [1.165, 1.54) is 0 Å². The summed E-state index contributed by atoms with van der Waals surface area (Å²) in [6, 6.07) is 9.21. The summed E-state index contributed by atoms with van der Waals surface area (Å²) < 4.78 is 0. The molecule has 1 aromatic rings. The van der Waals surface area contributed by atoms with Crippen LogP contribution >= 0.6 is 0 Å². The van der Waals surface area contributed by atoms with Crippen molar-refractivity contribution in [1.82, 2.24) is 0 Å². The Kier molecular flexibility index (Phi) is 4.46. The number of aliphatic hydroxyl groups is 1. The molecule has 92 valence electrons. The Balaban J connectivity index is 2.68. The van der Waals surface area contributed by atoms with Gasteiger partial charge in [-0.05, 0) is 25.5 Å². The minimum atomic E-state index is -1.07. The van der Waals surface area contributed by atoms with E-state index in [1.54, 1.807) is 19.9 Å². The van der Waals surface area contributed by atoms with Gasteiger partial charge < -0.3 is 10.4 Å². The first-order valence-corrected chi connectivity index (χ1v) is 5.66. The van der Waals surface area contributed by atoms with Crippen LogP contribution in [0.25, 0.3) is 0 Å². The average molecular weight is 233 g/mol. The van der Waals surface area contributed by atoms with Gasteiger partial charge in [-0.15, -0.1) is 6.58 Å². The number of nitrogens with one attached hydrogen (secondary N) is 1. The van der Waals surface area contributed by atoms with Gasteiger partial charge >= 0.3 is 0 Å². The first-order chi connectivity index (χ1) is 7.97. The molecule has 0 aliphatic heterocycles. The van der Waals surface area contributed by atoms with Gasteiger partial charge in [0.1, 0.15) is 0 Å². The largest absolute Gasteiger partial charge is 0.389 e. The molecule has 0 radical (unpaired) electrons. The quantitative estimate of drug-likeness (QED) is 0.768. The zero-order valence-electron chi connectivity index (χ0n) is 10.3. The van der Waals surface area contributed by atoms with E-state index < -0.39 is 11.5 Å². The molecule has 2 N–H and O–H groups in total. The predicted octanol–water partition coefficient (Wildman–Crippen LogP) is 2.59. The molecule has 0 heterocycles. The zero-order valence-corrected chi connectivity index (χ0v) is 10.3. The molecule has 3 heteroatoms. The number of rotatable bonds is 5. The van der Waals surface area contributed by atoms with Crippen LogP contribution in [0.3, 0.4) is 0 Å². The van der Waals surface area contributed by atoms with E-state index in [1.807, 2.05) is 30.3 Å². The van der Waals surface area contributed by atoms with Crippen molar-refractivity contribution >= 4 is 11.6 Å². The molecule has 1 rings (SSSR count). The maximum atomic E-state index is 11.9. The Hall–Kier alpha value is -1.61. The van der Waals surface area contributed by atoms with Crippen LogP contribution in [0.5, 0.6) is 0 Å². The van der Waals surface area contributed by atoms with E-state index in [-0.39, 0.29) is 5.91 Å². The molecule has 0 bridgehead atoms. The second kappa shape index (κ2) is 5.64. The van der Waals surface area contributed by atoms with E-state index >= 15 is 0 Å². The Morgan fingerprint density at radius 3 is 2.65 bits per heavy atom. The van der Waals surface area contributed by atoms with Crippen LogP contribution in [0.2, 0.25) is 0 Å². The third-order valence-electron chi connectivity index (χ3n) is 2.93. The zero-order chi connectivity index (χ0) is 12.9. The minimum Gasteiger partial charge on any atom is -0.389 e. The standard InChI is InChI=1S/C14H19NO2/c1-4-10-14(3,17)11(2)13(16)15-12-8-6-5-7-9-12/h4-9,11,17H,1,10H2,2-3H3,(H,15,16)/t11-,14+/m1/s1. The molecular formula is C14H19NO2. The Labute approximate surface area is 102 Å². The third-order valence-corrected chi connectivity index (χ3v) is 2.93. The van der Waals surface area contributed by atoms with E-state index in [0.717, 1.165) is 5.69 Å². The molecule has 2 atom stereocenters. The third kappa shape index (κ3) is 3.71. The van der Waals surface area contributed by atoms with Crippen molar-refractivity contribution in [3.8, 4) is 0 Å². The number of amides is 1. The van der Waals surface area contributed by atoms with Crippen molar-refractivity contribution in [3.05, 3.63) is 43.0 Å². The lowest BCUT2D eigenvalue weighted by molar-refractivity contribution is -0.126. The van der Waals surface area contributed by atoms with Crippen molar-refractivity contribution in [3.63, 3.8) is 0 Å². The minimum absolute atomic E-state index is 0.192. The highest BCUT2D eigenvalue weighted by Gasteiger charge is 2.32. The van der Waals surface area contributed by atoms with Gasteiger partial charge in [-0.3, -0.25) is 4.79 Å². The van der Waals surface area contributed by atoms with Crippen molar-refractivity contribution in [2.75, 3.05) is 5.32 Å². The number of para-hydroxylation sites is 1. The SMILES string of the molecule is C=CC[C@](C)(O)[C@H](C)C(=O)Nc1ccccc1. The number of carbonyl (C=O) groups is 1. The maximum absolute atomic E-state index is 11.9. The topological polar surface area (TPSA) is 49.3 Å². The fraction of sp³-hybridized carbons (Fsp3) is 0.357. The molecule has 0 fully saturated rings. The van der Waals surface area contributed by atoms with Gasteiger partial charge in [0.05, 0.1) is 11.5 Å². The average Bonchev–Trinajstić information content (AvgIpc) is 2.29. The highest BCUT2D eigenvalue weighted by molar-refractivity contribution is 5.93. The summed E-state index contributed by atoms with van der Waals surface area (Å²) >= 11 is 0. The number of hydrogen-bond acceptors (Lipinski definition) is 2. The van der Waals surface area contributed by atoms with Gasteiger partial charge in [-0.25, -0.2) is 0 Å². The molecule has 1 aromatic carbocycles. The van der Waals surface area contributed by atoms with Crippen LogP contribution in [0, 0.1) is 5.92 Å². The smallest absolute Gasteiger partial charge is 0.230 e. The van der Waals surface area contributed by atoms with Gasteiger partial charge in [-0.1, -0.05) is 31.2 Å². The fourth-order valence-corrected chi connectivity index (χ4v) is 1.52. The number of benzene rings is 1. The van der Waals surface area contributed by atoms with E-state index in [2.05, 4.69) is 11.9 Å². The molecule has 0 saturated carbocycles. The molecule has 0 unspecified atom stereocenters. The predicted molar refractivity (Wildman–Crippen MR) is 69.7 cm³/mol. The highest BCUT2D eigenvalue weighted by Crippen LogP contribution is 2.22. The van der Waals surface area contributed by atoms with Gasteiger partial charge in [0, 0.05) is 5.69 Å². The normalized spacial score (nSPS) is 15.7. The van der Waals surface area contributed by atoms with E-state index in [4.69, 9.17) is 0 Å². The lowest BCUT2D eigenvalue weighted by Crippen LogP contribution is -2.40. The molecule has 0 aliphatic carbocycles. The molecule has 0 aromatic heterocycles. The van der Waals surface area contributed by atoms with Crippen molar-refractivity contribution in [2.45, 2.75) is 25.9 Å². The first-order valence-electron chi connectivity index (χ1n) is 5.66. The second-order valence-electron chi connectivity index (χ2n) is 4.43. The summed E-state index contributed by atoms with van der Waals surface area (Å²) in [5.74, 6) is -0.691. The van der Waals surface area contributed by atoms with Crippen LogP contribution in [0.1, 0.15) is 20.3 Å². The van der Waals surface area contributed by atoms with Gasteiger partial charge in [0.25, 0.3) is 0 Å². The Morgan fingerprint density at radius 2 is 2.12 bits per heavy atom. The van der Waals surface area contributed by atoms with E-state index in [9.17, 15) is 9.90 Å². The summed E-state index contributed by atoms with van der Waals surface area (Å²) in [4.78, 5) is 11.9. The van der Waals surface area contributed by atoms with Crippen LogP contribution in [-0.4, -0.2) is 16.6 Å². The van der Waals surface area contributed by atoms with Gasteiger partial charge in [0.15, 0.2) is 0 Å². The molecule has 1 amide bonds. The summed E-state index contributed by atoms with van der Waals surface area (Å²) in [6.45, 7) is 6.93. The molecule has 17 heavy (non-hydrogen) atoms. The van der Waals surface area contributed by atoms with Gasteiger partial charge in [-0.2, -0.15) is 0 Å². The maximum Gasteiger partial charge on any atom is 0.230 e. The first kappa shape index (κ1) is 13.5. The van der Waals surface area contributed by atoms with Crippen LogP contribution in [-0.2, 0) is 4.79 Å². The van der Waals surface area contributed by atoms with Crippen molar-refractivity contribution in [1.29, 1.82) is 0 Å². The lowest BCUT2D eigenvalue weighted by atomic mass is 9.87. The van der Waals surface area contributed by atoms with Crippen molar-refractivity contribution in [2.24, 2.45) is 5.92 Å². The molecule has 3 nitrogen and oxygen atoms in total. The lowest BCUT2D eigenvalue weighted by Gasteiger charge is -2.28. The van der Waals surface area contributed by atoms with Gasteiger partial charge in [0.2, 0.25) is 5.91 Å². The summed E-state index contributed by atoms with van der Waals surface area (Å²) in [5, 5.41) is 12.9. The molecule has 0 spiro atoms. The summed E-state index contributed by atoms with van der Waals surface area (Å²) in [6.07, 6.45) is 2.00. The summed E-state index contributed by atoms with van der Waals surface area (Å²) in [5.41, 5.74) is -0.334. The number of carbonyl (C=O) groups excluding carboxylic acids is 1. The second-order valence-corrected chi connectivity index (χ2v) is 4.43. The number of hydrogen-bond donors (Lipinski definition) is 2. The highest BCUT2D eigenvalue weighted by atomic mass is 16.3. The fourth-order valence-electron chi connectivity index (χ4n) is 1.52. The van der Waals surface area contributed by atoms with Crippen LogP contribution in [0.15, 0.2) is 43.0 Å². The molecular weight excluding hydrogens is 214 g/mol. The molecule has 0 saturated heterocycles. The van der Waals surface area contributed by atoms with Crippen LogP contribution < -0.4 is 5.32 Å². The Bertz CT molecular complexity index is 384. The van der Waals surface area contributed by atoms with E-state index in [0.29, 0.717) is 6.42 Å². The Morgan fingerprint density at radius 1 is 1.53 bits per heavy atom. The monoisotopic (exact) mass is 233 g/mol. The number of anilines is 1. The van der Waals surface area contributed by atoms with Crippen LogP contribution in [0.4, 0.5) is 5.69 Å². The summed E-state index contributed by atoms with van der Waals surface area (Å²) in [7, 11) is 0.